The van der Waals surface area contributed by atoms with Gasteiger partial charge in [0.2, 0.25) is 0 Å². The lowest BCUT2D eigenvalue weighted by atomic mass is 10.0. The van der Waals surface area contributed by atoms with E-state index in [0.29, 0.717) is 5.92 Å². The van der Waals surface area contributed by atoms with E-state index in [1.807, 2.05) is 25.1 Å². The standard InChI is InChI=1S/C14H19BrN2O/c1-10-12(3-2-4-13(10)15)14(18)17-8-6-11-5-7-16-9-11/h2-4,11,16H,5-9H2,1H3,(H,17,18). The number of carbonyl (C=O) groups is 1. The average Bonchev–Trinajstić information content (AvgIpc) is 2.85. The summed E-state index contributed by atoms with van der Waals surface area (Å²) in [4.78, 5) is 12.0. The van der Waals surface area contributed by atoms with Gasteiger partial charge in [0.15, 0.2) is 0 Å². The van der Waals surface area contributed by atoms with Crippen LogP contribution < -0.4 is 10.6 Å². The molecular weight excluding hydrogens is 292 g/mol. The number of rotatable bonds is 4. The quantitative estimate of drug-likeness (QED) is 0.897. The first kappa shape index (κ1) is 13.6. The summed E-state index contributed by atoms with van der Waals surface area (Å²) in [6, 6.07) is 5.72. The van der Waals surface area contributed by atoms with Crippen LogP contribution in [0.15, 0.2) is 22.7 Å². The van der Waals surface area contributed by atoms with E-state index in [-0.39, 0.29) is 5.91 Å². The monoisotopic (exact) mass is 310 g/mol. The predicted octanol–water partition coefficient (Wildman–Crippen LogP) is 2.49. The van der Waals surface area contributed by atoms with Crippen LogP contribution in [-0.4, -0.2) is 25.5 Å². The summed E-state index contributed by atoms with van der Waals surface area (Å²) >= 11 is 3.45. The van der Waals surface area contributed by atoms with Gasteiger partial charge in [-0.2, -0.15) is 0 Å². The lowest BCUT2D eigenvalue weighted by Crippen LogP contribution is -2.27. The van der Waals surface area contributed by atoms with Gasteiger partial charge in [0, 0.05) is 16.6 Å². The van der Waals surface area contributed by atoms with Crippen molar-refractivity contribution in [2.75, 3.05) is 19.6 Å². The van der Waals surface area contributed by atoms with Gasteiger partial charge in [-0.15, -0.1) is 0 Å². The van der Waals surface area contributed by atoms with Crippen molar-refractivity contribution in [1.82, 2.24) is 10.6 Å². The maximum Gasteiger partial charge on any atom is 0.251 e. The number of halogens is 1. The first-order valence-corrected chi connectivity index (χ1v) is 7.22. The molecule has 0 aromatic heterocycles. The van der Waals surface area contributed by atoms with Crippen LogP contribution in [-0.2, 0) is 0 Å². The molecule has 3 nitrogen and oxygen atoms in total. The van der Waals surface area contributed by atoms with Crippen molar-refractivity contribution in [2.24, 2.45) is 5.92 Å². The molecule has 0 bridgehead atoms. The molecule has 1 aromatic carbocycles. The topological polar surface area (TPSA) is 41.1 Å². The summed E-state index contributed by atoms with van der Waals surface area (Å²) in [6.07, 6.45) is 2.29. The van der Waals surface area contributed by atoms with Crippen LogP contribution >= 0.6 is 15.9 Å². The zero-order chi connectivity index (χ0) is 13.0. The Morgan fingerprint density at radius 1 is 1.56 bits per heavy atom. The molecule has 2 N–H and O–H groups in total. The molecule has 0 saturated carbocycles. The molecule has 1 heterocycles. The smallest absolute Gasteiger partial charge is 0.251 e. The lowest BCUT2D eigenvalue weighted by Gasteiger charge is -2.11. The Balaban J connectivity index is 1.85. The van der Waals surface area contributed by atoms with Gasteiger partial charge in [-0.1, -0.05) is 22.0 Å². The minimum absolute atomic E-state index is 0.0276. The van der Waals surface area contributed by atoms with Crippen LogP contribution in [0.2, 0.25) is 0 Å². The molecule has 1 aliphatic heterocycles. The SMILES string of the molecule is Cc1c(Br)cccc1C(=O)NCCC1CCNC1. The van der Waals surface area contributed by atoms with Crippen molar-refractivity contribution in [3.8, 4) is 0 Å². The van der Waals surface area contributed by atoms with Crippen molar-refractivity contribution in [1.29, 1.82) is 0 Å². The minimum atomic E-state index is 0.0276. The van der Waals surface area contributed by atoms with E-state index in [0.717, 1.165) is 41.7 Å². The molecule has 0 aliphatic carbocycles. The van der Waals surface area contributed by atoms with E-state index >= 15 is 0 Å². The number of hydrogen-bond donors (Lipinski definition) is 2. The third-order valence-electron chi connectivity index (χ3n) is 3.51. The maximum atomic E-state index is 12.0. The summed E-state index contributed by atoms with van der Waals surface area (Å²) in [6.45, 7) is 4.92. The van der Waals surface area contributed by atoms with Gasteiger partial charge in [0.05, 0.1) is 0 Å². The van der Waals surface area contributed by atoms with Gasteiger partial charge in [-0.25, -0.2) is 0 Å². The van der Waals surface area contributed by atoms with E-state index in [2.05, 4.69) is 26.6 Å². The van der Waals surface area contributed by atoms with Crippen LogP contribution in [0.3, 0.4) is 0 Å². The summed E-state index contributed by atoms with van der Waals surface area (Å²) in [5.41, 5.74) is 1.76. The Bertz CT molecular complexity index is 428. The Kier molecular flexibility index (Phi) is 4.78. The lowest BCUT2D eigenvalue weighted by molar-refractivity contribution is 0.0951. The molecule has 1 amide bonds. The van der Waals surface area contributed by atoms with Crippen LogP contribution in [0.4, 0.5) is 0 Å². The molecule has 1 aliphatic rings. The van der Waals surface area contributed by atoms with Gasteiger partial charge in [-0.3, -0.25) is 4.79 Å². The zero-order valence-electron chi connectivity index (χ0n) is 10.6. The van der Waals surface area contributed by atoms with Crippen molar-refractivity contribution in [3.05, 3.63) is 33.8 Å². The first-order valence-electron chi connectivity index (χ1n) is 6.42. The molecule has 4 heteroatoms. The van der Waals surface area contributed by atoms with Gasteiger partial charge in [0.25, 0.3) is 5.91 Å². The fraction of sp³-hybridized carbons (Fsp3) is 0.500. The Labute approximate surface area is 116 Å². The second-order valence-electron chi connectivity index (χ2n) is 4.82. The van der Waals surface area contributed by atoms with Crippen LogP contribution in [0.25, 0.3) is 0 Å². The van der Waals surface area contributed by atoms with Gasteiger partial charge < -0.3 is 10.6 Å². The molecule has 1 aromatic rings. The van der Waals surface area contributed by atoms with E-state index in [1.165, 1.54) is 6.42 Å². The van der Waals surface area contributed by atoms with E-state index in [9.17, 15) is 4.79 Å². The largest absolute Gasteiger partial charge is 0.352 e. The molecule has 18 heavy (non-hydrogen) atoms. The normalized spacial score (nSPS) is 18.9. The van der Waals surface area contributed by atoms with Crippen molar-refractivity contribution < 1.29 is 4.79 Å². The average molecular weight is 311 g/mol. The summed E-state index contributed by atoms with van der Waals surface area (Å²) in [5.74, 6) is 0.744. The van der Waals surface area contributed by atoms with Crippen molar-refractivity contribution >= 4 is 21.8 Å². The van der Waals surface area contributed by atoms with Crippen LogP contribution in [0.5, 0.6) is 0 Å². The molecule has 1 fully saturated rings. The minimum Gasteiger partial charge on any atom is -0.352 e. The van der Waals surface area contributed by atoms with Crippen LogP contribution in [0, 0.1) is 12.8 Å². The van der Waals surface area contributed by atoms with Crippen molar-refractivity contribution in [2.45, 2.75) is 19.8 Å². The molecular formula is C14H19BrN2O. The van der Waals surface area contributed by atoms with Gasteiger partial charge >= 0.3 is 0 Å². The third-order valence-corrected chi connectivity index (χ3v) is 4.37. The highest BCUT2D eigenvalue weighted by molar-refractivity contribution is 9.10. The molecule has 98 valence electrons. The number of carbonyl (C=O) groups excluding carboxylic acids is 1. The molecule has 1 saturated heterocycles. The fourth-order valence-corrected chi connectivity index (χ4v) is 2.67. The second-order valence-corrected chi connectivity index (χ2v) is 5.67. The van der Waals surface area contributed by atoms with Gasteiger partial charge in [-0.05, 0) is 56.5 Å². The number of benzene rings is 1. The number of amides is 1. The number of nitrogens with one attached hydrogen (secondary N) is 2. The summed E-state index contributed by atoms with van der Waals surface area (Å²) in [7, 11) is 0. The maximum absolute atomic E-state index is 12.0. The van der Waals surface area contributed by atoms with E-state index < -0.39 is 0 Å². The van der Waals surface area contributed by atoms with Gasteiger partial charge in [0.1, 0.15) is 0 Å². The molecule has 2 rings (SSSR count). The number of hydrogen-bond acceptors (Lipinski definition) is 2. The predicted molar refractivity (Wildman–Crippen MR) is 76.8 cm³/mol. The van der Waals surface area contributed by atoms with E-state index in [4.69, 9.17) is 0 Å². The first-order chi connectivity index (χ1) is 8.68. The summed E-state index contributed by atoms with van der Waals surface area (Å²) in [5, 5.41) is 6.35. The van der Waals surface area contributed by atoms with Crippen LogP contribution in [0.1, 0.15) is 28.8 Å². The third kappa shape index (κ3) is 3.33. The highest BCUT2D eigenvalue weighted by Crippen LogP contribution is 2.19. The Morgan fingerprint density at radius 2 is 2.39 bits per heavy atom. The highest BCUT2D eigenvalue weighted by atomic mass is 79.9. The molecule has 1 atom stereocenters. The summed E-state index contributed by atoms with van der Waals surface area (Å²) < 4.78 is 0.982. The highest BCUT2D eigenvalue weighted by Gasteiger charge is 2.15. The molecule has 0 spiro atoms. The Hall–Kier alpha value is -0.870. The van der Waals surface area contributed by atoms with E-state index in [1.54, 1.807) is 0 Å². The molecule has 0 radical (unpaired) electrons. The van der Waals surface area contributed by atoms with Crippen molar-refractivity contribution in [3.63, 3.8) is 0 Å². The zero-order valence-corrected chi connectivity index (χ0v) is 12.2. The molecule has 1 unspecified atom stereocenters. The second kappa shape index (κ2) is 6.34. The Morgan fingerprint density at radius 3 is 3.11 bits per heavy atom. The fourth-order valence-electron chi connectivity index (χ4n) is 2.30.